The zero-order valence-electron chi connectivity index (χ0n) is 18.2. The Hall–Kier alpha value is -2.52. The summed E-state index contributed by atoms with van der Waals surface area (Å²) in [6.45, 7) is 14.7. The van der Waals surface area contributed by atoms with Gasteiger partial charge in [0.2, 0.25) is 0 Å². The van der Waals surface area contributed by atoms with Gasteiger partial charge in [0, 0.05) is 19.1 Å². The average molecular weight is 392 g/mol. The van der Waals surface area contributed by atoms with Crippen LogP contribution < -0.4 is 9.47 Å². The van der Waals surface area contributed by atoms with Gasteiger partial charge in [-0.1, -0.05) is 43.0 Å². The summed E-state index contributed by atoms with van der Waals surface area (Å²) in [7, 11) is 0. The molecule has 1 aliphatic heterocycles. The van der Waals surface area contributed by atoms with Crippen LogP contribution in [0.5, 0.6) is 11.5 Å². The van der Waals surface area contributed by atoms with Crippen molar-refractivity contribution in [2.75, 3.05) is 13.2 Å². The van der Waals surface area contributed by atoms with Gasteiger partial charge >= 0.3 is 0 Å². The maximum atomic E-state index is 6.18. The van der Waals surface area contributed by atoms with E-state index in [2.05, 4.69) is 69.5 Å². The summed E-state index contributed by atoms with van der Waals surface area (Å²) in [6, 6.07) is 17.0. The van der Waals surface area contributed by atoms with E-state index in [-0.39, 0.29) is 5.60 Å². The van der Waals surface area contributed by atoms with Crippen molar-refractivity contribution in [3.63, 3.8) is 0 Å². The van der Waals surface area contributed by atoms with Crippen molar-refractivity contribution < 1.29 is 9.47 Å². The maximum Gasteiger partial charge on any atom is 0.120 e. The zero-order chi connectivity index (χ0) is 20.9. The highest BCUT2D eigenvalue weighted by Crippen LogP contribution is 2.26. The molecule has 3 nitrogen and oxygen atoms in total. The van der Waals surface area contributed by atoms with Gasteiger partial charge in [0.25, 0.3) is 0 Å². The third-order valence-electron chi connectivity index (χ3n) is 5.17. The Morgan fingerprint density at radius 3 is 2.34 bits per heavy atom. The number of allylic oxidation sites excluding steroid dienone is 1. The van der Waals surface area contributed by atoms with Crippen LogP contribution in [0.25, 0.3) is 0 Å². The van der Waals surface area contributed by atoms with Gasteiger partial charge in [-0.2, -0.15) is 0 Å². The molecule has 2 aromatic carbocycles. The molecule has 0 aliphatic carbocycles. The number of rotatable bonds is 7. The Balaban J connectivity index is 1.69. The number of hydrogen-bond donors (Lipinski definition) is 0. The fourth-order valence-corrected chi connectivity index (χ4v) is 3.65. The molecule has 3 rings (SSSR count). The topological polar surface area (TPSA) is 21.7 Å². The Labute approximate surface area is 175 Å². The van der Waals surface area contributed by atoms with Gasteiger partial charge in [-0.05, 0) is 75.1 Å². The highest BCUT2D eigenvalue weighted by Gasteiger charge is 2.26. The second-order valence-corrected chi connectivity index (χ2v) is 8.60. The highest BCUT2D eigenvalue weighted by atomic mass is 16.5. The number of fused-ring (bicyclic) bond motifs is 1. The highest BCUT2D eigenvalue weighted by molar-refractivity contribution is 5.33. The maximum absolute atomic E-state index is 6.18. The summed E-state index contributed by atoms with van der Waals surface area (Å²) >= 11 is 0. The van der Waals surface area contributed by atoms with Crippen molar-refractivity contribution in [1.82, 2.24) is 4.90 Å². The van der Waals surface area contributed by atoms with Crippen molar-refractivity contribution in [2.24, 2.45) is 0 Å². The standard InChI is InChI=1S/C26H33NO2/c1-6-20(7-2)17-27-18-22-11-9-8-10-21(22)16-23(27)19-28-24-12-14-25(15-13-24)29-26(3,4)5/h6-15,23H,1,16-19H2,2-5H3/b20-7+/t23-/m0/s1. The lowest BCUT2D eigenvalue weighted by molar-refractivity contribution is 0.125. The Kier molecular flexibility index (Phi) is 6.81. The normalized spacial score (nSPS) is 17.5. The van der Waals surface area contributed by atoms with E-state index in [9.17, 15) is 0 Å². The predicted octanol–water partition coefficient (Wildman–Crippen LogP) is 5.80. The van der Waals surface area contributed by atoms with Crippen LogP contribution in [0, 0.1) is 0 Å². The summed E-state index contributed by atoms with van der Waals surface area (Å²) in [5, 5.41) is 0. The molecule has 0 aromatic heterocycles. The fourth-order valence-electron chi connectivity index (χ4n) is 3.65. The molecule has 2 aromatic rings. The Morgan fingerprint density at radius 1 is 1.07 bits per heavy atom. The molecule has 0 radical (unpaired) electrons. The van der Waals surface area contributed by atoms with E-state index in [0.29, 0.717) is 12.6 Å². The second-order valence-electron chi connectivity index (χ2n) is 8.60. The number of benzene rings is 2. The predicted molar refractivity (Wildman–Crippen MR) is 121 cm³/mol. The van der Waals surface area contributed by atoms with E-state index in [1.165, 1.54) is 16.7 Å². The molecular weight excluding hydrogens is 358 g/mol. The number of nitrogens with zero attached hydrogens (tertiary/aromatic N) is 1. The summed E-state index contributed by atoms with van der Waals surface area (Å²) in [4.78, 5) is 2.50. The molecule has 154 valence electrons. The molecule has 0 saturated carbocycles. The van der Waals surface area contributed by atoms with Crippen LogP contribution >= 0.6 is 0 Å². The molecular formula is C26H33NO2. The SMILES string of the molecule is C=C/C(=C\C)CN1Cc2ccccc2C[C@H]1COc1ccc(OC(C)(C)C)cc1. The molecule has 0 fully saturated rings. The molecule has 29 heavy (non-hydrogen) atoms. The lowest BCUT2D eigenvalue weighted by atomic mass is 9.94. The first kappa shape index (κ1) is 21.2. The van der Waals surface area contributed by atoms with Crippen LogP contribution in [0.4, 0.5) is 0 Å². The molecule has 0 amide bonds. The molecule has 0 unspecified atom stereocenters. The van der Waals surface area contributed by atoms with Crippen molar-refractivity contribution >= 4 is 0 Å². The largest absolute Gasteiger partial charge is 0.492 e. The summed E-state index contributed by atoms with van der Waals surface area (Å²) in [6.07, 6.45) is 5.08. The monoisotopic (exact) mass is 391 g/mol. The van der Waals surface area contributed by atoms with Crippen LogP contribution in [0.2, 0.25) is 0 Å². The fraction of sp³-hybridized carbons (Fsp3) is 0.385. The minimum absolute atomic E-state index is 0.200. The van der Waals surface area contributed by atoms with Crippen molar-refractivity contribution in [3.8, 4) is 11.5 Å². The number of ether oxygens (including phenoxy) is 2. The average Bonchev–Trinajstić information content (AvgIpc) is 2.70. The van der Waals surface area contributed by atoms with Crippen molar-refractivity contribution in [3.05, 3.63) is 84.0 Å². The third-order valence-corrected chi connectivity index (χ3v) is 5.17. The summed E-state index contributed by atoms with van der Waals surface area (Å²) in [5.74, 6) is 1.74. The quantitative estimate of drug-likeness (QED) is 0.557. The van der Waals surface area contributed by atoms with E-state index >= 15 is 0 Å². The Bertz CT molecular complexity index is 846. The molecule has 0 N–H and O–H groups in total. The van der Waals surface area contributed by atoms with E-state index in [1.54, 1.807) is 0 Å². The van der Waals surface area contributed by atoms with E-state index in [0.717, 1.165) is 31.0 Å². The first-order valence-electron chi connectivity index (χ1n) is 10.4. The van der Waals surface area contributed by atoms with Crippen molar-refractivity contribution in [2.45, 2.75) is 52.3 Å². The third kappa shape index (κ3) is 5.98. The summed E-state index contributed by atoms with van der Waals surface area (Å²) in [5.41, 5.74) is 3.88. The van der Waals surface area contributed by atoms with Crippen LogP contribution in [-0.2, 0) is 13.0 Å². The molecule has 0 spiro atoms. The van der Waals surface area contributed by atoms with Gasteiger partial charge in [0.05, 0.1) is 0 Å². The molecule has 0 saturated heterocycles. The summed E-state index contributed by atoms with van der Waals surface area (Å²) < 4.78 is 12.1. The van der Waals surface area contributed by atoms with Gasteiger partial charge in [0.15, 0.2) is 0 Å². The molecule has 3 heteroatoms. The van der Waals surface area contributed by atoms with E-state index in [4.69, 9.17) is 9.47 Å². The van der Waals surface area contributed by atoms with Gasteiger partial charge in [-0.3, -0.25) is 4.90 Å². The lowest BCUT2D eigenvalue weighted by Crippen LogP contribution is -2.44. The van der Waals surface area contributed by atoms with Crippen molar-refractivity contribution in [1.29, 1.82) is 0 Å². The molecule has 1 aliphatic rings. The van der Waals surface area contributed by atoms with Crippen LogP contribution in [-0.4, -0.2) is 29.7 Å². The smallest absolute Gasteiger partial charge is 0.120 e. The van der Waals surface area contributed by atoms with E-state index < -0.39 is 0 Å². The molecule has 1 heterocycles. The van der Waals surface area contributed by atoms with Gasteiger partial charge in [-0.25, -0.2) is 0 Å². The Morgan fingerprint density at radius 2 is 1.72 bits per heavy atom. The molecule has 1 atom stereocenters. The first-order valence-corrected chi connectivity index (χ1v) is 10.4. The van der Waals surface area contributed by atoms with Crippen LogP contribution in [0.15, 0.2) is 72.8 Å². The van der Waals surface area contributed by atoms with E-state index in [1.807, 2.05) is 30.3 Å². The first-order chi connectivity index (χ1) is 13.9. The van der Waals surface area contributed by atoms with Crippen LogP contribution in [0.3, 0.4) is 0 Å². The van der Waals surface area contributed by atoms with Gasteiger partial charge in [0.1, 0.15) is 23.7 Å². The zero-order valence-corrected chi connectivity index (χ0v) is 18.2. The lowest BCUT2D eigenvalue weighted by Gasteiger charge is -2.37. The van der Waals surface area contributed by atoms with Crippen LogP contribution in [0.1, 0.15) is 38.8 Å². The second kappa shape index (κ2) is 9.32. The van der Waals surface area contributed by atoms with Gasteiger partial charge in [-0.15, -0.1) is 0 Å². The number of hydrogen-bond acceptors (Lipinski definition) is 3. The minimum Gasteiger partial charge on any atom is -0.492 e. The van der Waals surface area contributed by atoms with Gasteiger partial charge < -0.3 is 9.47 Å². The minimum atomic E-state index is -0.200. The molecule has 0 bridgehead atoms.